The smallest absolute Gasteiger partial charge is 0.219 e. The van der Waals surface area contributed by atoms with E-state index in [1.807, 2.05) is 24.3 Å². The SMILES string of the molecule is CC(=O)N1CCc2c(c(N3CC(CC#N)c4cc(-c5cnn(C)c5)ccc43)nn2C2CCOC2)C1. The monoisotopic (exact) mass is 471 g/mol. The summed E-state index contributed by atoms with van der Waals surface area (Å²) in [6.45, 7) is 5.03. The van der Waals surface area contributed by atoms with Crippen LogP contribution in [0.4, 0.5) is 11.5 Å². The second-order valence-electron chi connectivity index (χ2n) is 9.75. The second kappa shape index (κ2) is 8.54. The van der Waals surface area contributed by atoms with Crippen LogP contribution in [0, 0.1) is 11.3 Å². The minimum atomic E-state index is 0.0869. The highest BCUT2D eigenvalue weighted by Crippen LogP contribution is 2.46. The van der Waals surface area contributed by atoms with E-state index < -0.39 is 0 Å². The van der Waals surface area contributed by atoms with Gasteiger partial charge in [-0.05, 0) is 29.7 Å². The summed E-state index contributed by atoms with van der Waals surface area (Å²) in [7, 11) is 1.91. The van der Waals surface area contributed by atoms with E-state index in [0.29, 0.717) is 32.7 Å². The fourth-order valence-electron chi connectivity index (χ4n) is 5.71. The van der Waals surface area contributed by atoms with Gasteiger partial charge < -0.3 is 14.5 Å². The number of hydrogen-bond donors (Lipinski definition) is 0. The Hall–Kier alpha value is -3.64. The molecule has 9 heteroatoms. The van der Waals surface area contributed by atoms with Crippen molar-refractivity contribution in [3.8, 4) is 17.2 Å². The number of amides is 1. The maximum absolute atomic E-state index is 12.2. The molecule has 0 saturated carbocycles. The molecule has 0 spiro atoms. The van der Waals surface area contributed by atoms with Crippen molar-refractivity contribution >= 4 is 17.4 Å². The van der Waals surface area contributed by atoms with Crippen LogP contribution in [0.25, 0.3) is 11.1 Å². The topological polar surface area (TPSA) is 92.2 Å². The normalized spacial score (nSPS) is 21.2. The van der Waals surface area contributed by atoms with Crippen LogP contribution < -0.4 is 4.90 Å². The van der Waals surface area contributed by atoms with Gasteiger partial charge in [-0.25, -0.2) is 0 Å². The summed E-state index contributed by atoms with van der Waals surface area (Å²) in [6, 6.07) is 9.07. The molecule has 0 radical (unpaired) electrons. The molecule has 0 aliphatic carbocycles. The van der Waals surface area contributed by atoms with Crippen LogP contribution in [0.2, 0.25) is 0 Å². The lowest BCUT2D eigenvalue weighted by Gasteiger charge is -2.28. The van der Waals surface area contributed by atoms with Crippen LogP contribution in [-0.2, 0) is 29.5 Å². The number of aryl methyl sites for hydroxylation is 1. The third-order valence-corrected chi connectivity index (χ3v) is 7.55. The van der Waals surface area contributed by atoms with Crippen LogP contribution >= 0.6 is 0 Å². The minimum absolute atomic E-state index is 0.0869. The van der Waals surface area contributed by atoms with Crippen molar-refractivity contribution in [1.29, 1.82) is 5.26 Å². The summed E-state index contributed by atoms with van der Waals surface area (Å²) < 4.78 is 9.64. The van der Waals surface area contributed by atoms with Crippen molar-refractivity contribution in [3.05, 3.63) is 47.4 Å². The average molecular weight is 472 g/mol. The third kappa shape index (κ3) is 3.69. The number of benzene rings is 1. The zero-order chi connectivity index (χ0) is 24.1. The first-order valence-electron chi connectivity index (χ1n) is 12.2. The highest BCUT2D eigenvalue weighted by molar-refractivity contribution is 5.78. The van der Waals surface area contributed by atoms with E-state index in [1.165, 1.54) is 11.3 Å². The molecular weight excluding hydrogens is 442 g/mol. The number of nitriles is 1. The number of fused-ring (bicyclic) bond motifs is 2. The van der Waals surface area contributed by atoms with Gasteiger partial charge in [-0.3, -0.25) is 14.2 Å². The van der Waals surface area contributed by atoms with Crippen LogP contribution in [0.1, 0.15) is 48.5 Å². The van der Waals surface area contributed by atoms with E-state index in [-0.39, 0.29) is 17.9 Å². The van der Waals surface area contributed by atoms with E-state index in [0.717, 1.165) is 47.6 Å². The zero-order valence-corrected chi connectivity index (χ0v) is 20.1. The zero-order valence-electron chi connectivity index (χ0n) is 20.1. The Bertz CT molecular complexity index is 1330. The molecule has 1 amide bonds. The first kappa shape index (κ1) is 21.9. The number of rotatable bonds is 4. The maximum atomic E-state index is 12.2. The summed E-state index contributed by atoms with van der Waals surface area (Å²) >= 11 is 0. The van der Waals surface area contributed by atoms with Crippen LogP contribution in [0.5, 0.6) is 0 Å². The van der Waals surface area contributed by atoms with Crippen LogP contribution in [0.15, 0.2) is 30.6 Å². The quantitative estimate of drug-likeness (QED) is 0.580. The number of carbonyl (C=O) groups is 1. The minimum Gasteiger partial charge on any atom is -0.379 e. The Labute approximate surface area is 204 Å². The highest BCUT2D eigenvalue weighted by atomic mass is 16.5. The number of ether oxygens (including phenoxy) is 1. The van der Waals surface area contributed by atoms with Gasteiger partial charge in [-0.2, -0.15) is 15.5 Å². The average Bonchev–Trinajstić information content (AvgIpc) is 3.64. The van der Waals surface area contributed by atoms with Gasteiger partial charge in [0.05, 0.1) is 31.5 Å². The summed E-state index contributed by atoms with van der Waals surface area (Å²) in [5.74, 6) is 1.09. The number of carbonyl (C=O) groups excluding carboxylic acids is 1. The van der Waals surface area contributed by atoms with E-state index >= 15 is 0 Å². The third-order valence-electron chi connectivity index (χ3n) is 7.55. The van der Waals surface area contributed by atoms with Crippen molar-refractivity contribution in [3.63, 3.8) is 0 Å². The molecule has 1 fully saturated rings. The lowest BCUT2D eigenvalue weighted by molar-refractivity contribution is -0.129. The highest BCUT2D eigenvalue weighted by Gasteiger charge is 2.37. The largest absolute Gasteiger partial charge is 0.379 e. The molecule has 2 atom stereocenters. The Morgan fingerprint density at radius 1 is 1.31 bits per heavy atom. The lowest BCUT2D eigenvalue weighted by atomic mass is 9.95. The molecule has 9 nitrogen and oxygen atoms in total. The molecule has 2 aromatic heterocycles. The molecule has 0 N–H and O–H groups in total. The number of nitrogens with zero attached hydrogens (tertiary/aromatic N) is 7. The van der Waals surface area contributed by atoms with Gasteiger partial charge in [-0.1, -0.05) is 6.07 Å². The first-order chi connectivity index (χ1) is 17.0. The van der Waals surface area contributed by atoms with Crippen LogP contribution in [-0.4, -0.2) is 56.7 Å². The maximum Gasteiger partial charge on any atom is 0.219 e. The molecule has 1 aromatic carbocycles. The molecule has 5 heterocycles. The second-order valence-corrected chi connectivity index (χ2v) is 9.75. The Morgan fingerprint density at radius 2 is 2.20 bits per heavy atom. The summed E-state index contributed by atoms with van der Waals surface area (Å²) in [5, 5.41) is 19.0. The predicted molar refractivity (Wildman–Crippen MR) is 130 cm³/mol. The standard InChI is InChI=1S/C26H29N7O2/c1-17(34)31-9-6-25-23(15-31)26(29-33(25)21-7-10-35-16-21)32-14-19(5-8-27)22-11-18(3-4-24(22)32)20-12-28-30(2)13-20/h3-4,11-13,19,21H,5-7,9-10,14-16H2,1-2H3. The van der Waals surface area contributed by atoms with Gasteiger partial charge in [-0.15, -0.1) is 0 Å². The van der Waals surface area contributed by atoms with Gasteiger partial charge in [0.2, 0.25) is 5.91 Å². The van der Waals surface area contributed by atoms with Gasteiger partial charge in [0.1, 0.15) is 0 Å². The fourth-order valence-corrected chi connectivity index (χ4v) is 5.71. The van der Waals surface area contributed by atoms with Gasteiger partial charge in [0, 0.05) is 81.1 Å². The van der Waals surface area contributed by atoms with Crippen molar-refractivity contribution in [2.24, 2.45) is 7.05 Å². The molecule has 0 bridgehead atoms. The van der Waals surface area contributed by atoms with Crippen molar-refractivity contribution < 1.29 is 9.53 Å². The summed E-state index contributed by atoms with van der Waals surface area (Å²) in [5.41, 5.74) is 6.75. The molecule has 3 aliphatic heterocycles. The molecule has 180 valence electrons. The van der Waals surface area contributed by atoms with Gasteiger partial charge in [0.15, 0.2) is 5.82 Å². The number of aromatic nitrogens is 4. The molecule has 6 rings (SSSR count). The van der Waals surface area contributed by atoms with E-state index in [9.17, 15) is 10.1 Å². The molecule has 2 unspecified atom stereocenters. The number of hydrogen-bond acceptors (Lipinski definition) is 6. The number of anilines is 2. The van der Waals surface area contributed by atoms with Crippen molar-refractivity contribution in [2.45, 2.75) is 44.7 Å². The first-order valence-corrected chi connectivity index (χ1v) is 12.2. The molecule has 35 heavy (non-hydrogen) atoms. The molecule has 3 aliphatic rings. The van der Waals surface area contributed by atoms with Gasteiger partial charge >= 0.3 is 0 Å². The fraction of sp³-hybridized carbons (Fsp3) is 0.462. The van der Waals surface area contributed by atoms with Crippen LogP contribution in [0.3, 0.4) is 0 Å². The Kier molecular flexibility index (Phi) is 5.33. The van der Waals surface area contributed by atoms with E-state index in [4.69, 9.17) is 9.84 Å². The van der Waals surface area contributed by atoms with Crippen molar-refractivity contribution in [2.75, 3.05) is 31.2 Å². The molecule has 3 aromatic rings. The van der Waals surface area contributed by atoms with Crippen molar-refractivity contribution in [1.82, 2.24) is 24.5 Å². The predicted octanol–water partition coefficient (Wildman–Crippen LogP) is 3.30. The van der Waals surface area contributed by atoms with Gasteiger partial charge in [0.25, 0.3) is 0 Å². The Balaban J connectivity index is 1.44. The van der Waals surface area contributed by atoms with E-state index in [2.05, 4.69) is 38.9 Å². The lowest BCUT2D eigenvalue weighted by Crippen LogP contribution is -2.35. The molecular formula is C26H29N7O2. The summed E-state index contributed by atoms with van der Waals surface area (Å²) in [6.07, 6.45) is 6.06. The molecule has 1 saturated heterocycles. The van der Waals surface area contributed by atoms with E-state index in [1.54, 1.807) is 11.6 Å². The Morgan fingerprint density at radius 3 is 2.91 bits per heavy atom. The summed E-state index contributed by atoms with van der Waals surface area (Å²) in [4.78, 5) is 16.4.